The van der Waals surface area contributed by atoms with Crippen molar-refractivity contribution in [3.63, 3.8) is 0 Å². The van der Waals surface area contributed by atoms with Gasteiger partial charge in [-0.25, -0.2) is 0 Å². The average molecular weight is 171 g/mol. The van der Waals surface area contributed by atoms with Crippen LogP contribution >= 0.6 is 0 Å². The van der Waals surface area contributed by atoms with Crippen LogP contribution in [0.2, 0.25) is 0 Å². The van der Waals surface area contributed by atoms with Crippen molar-refractivity contribution in [2.24, 2.45) is 0 Å². The molecule has 0 radical (unpaired) electrons. The van der Waals surface area contributed by atoms with Crippen LogP contribution in [0.15, 0.2) is 0 Å². The van der Waals surface area contributed by atoms with E-state index in [0.717, 1.165) is 24.3 Å². The van der Waals surface area contributed by atoms with Crippen molar-refractivity contribution in [2.45, 2.75) is 18.9 Å². The summed E-state index contributed by atoms with van der Waals surface area (Å²) in [6, 6.07) is 0.503. The summed E-state index contributed by atoms with van der Waals surface area (Å²) in [5, 5.41) is 3.22. The SMILES string of the molecule is C#CCNC1CCS(=O)CC1. The molecule has 11 heavy (non-hydrogen) atoms. The summed E-state index contributed by atoms with van der Waals surface area (Å²) in [4.78, 5) is 0. The number of terminal acetylenes is 1. The number of rotatable bonds is 2. The fraction of sp³-hybridized carbons (Fsp3) is 0.750. The van der Waals surface area contributed by atoms with E-state index in [4.69, 9.17) is 6.42 Å². The van der Waals surface area contributed by atoms with E-state index in [2.05, 4.69) is 11.2 Å². The molecule has 0 aromatic rings. The molecule has 2 nitrogen and oxygen atoms in total. The third-order valence-electron chi connectivity index (χ3n) is 1.88. The zero-order valence-electron chi connectivity index (χ0n) is 6.51. The summed E-state index contributed by atoms with van der Waals surface area (Å²) in [6.45, 7) is 0.636. The van der Waals surface area contributed by atoms with Crippen molar-refractivity contribution in [3.8, 4) is 12.3 Å². The van der Waals surface area contributed by atoms with E-state index in [1.807, 2.05) is 0 Å². The Morgan fingerprint density at radius 3 is 2.73 bits per heavy atom. The van der Waals surface area contributed by atoms with Gasteiger partial charge in [0.1, 0.15) is 0 Å². The van der Waals surface area contributed by atoms with E-state index in [9.17, 15) is 4.21 Å². The Balaban J connectivity index is 2.18. The summed E-state index contributed by atoms with van der Waals surface area (Å²) in [7, 11) is -0.558. The fourth-order valence-electron chi connectivity index (χ4n) is 1.20. The molecule has 3 heteroatoms. The topological polar surface area (TPSA) is 29.1 Å². The number of nitrogens with one attached hydrogen (secondary N) is 1. The number of hydrogen-bond donors (Lipinski definition) is 1. The monoisotopic (exact) mass is 171 g/mol. The Morgan fingerprint density at radius 2 is 2.18 bits per heavy atom. The van der Waals surface area contributed by atoms with Crippen LogP contribution < -0.4 is 5.32 Å². The molecule has 62 valence electrons. The molecular formula is C8H13NOS. The molecule has 1 aliphatic rings. The third-order valence-corrected chi connectivity index (χ3v) is 3.26. The van der Waals surface area contributed by atoms with Gasteiger partial charge in [0.2, 0.25) is 0 Å². The molecule has 1 fully saturated rings. The van der Waals surface area contributed by atoms with Gasteiger partial charge in [-0.3, -0.25) is 4.21 Å². The third kappa shape index (κ3) is 3.04. The lowest BCUT2D eigenvalue weighted by Crippen LogP contribution is -2.35. The van der Waals surface area contributed by atoms with Crippen molar-refractivity contribution in [1.29, 1.82) is 0 Å². The molecule has 1 N–H and O–H groups in total. The lowest BCUT2D eigenvalue weighted by atomic mass is 10.1. The first kappa shape index (κ1) is 8.76. The molecule has 1 saturated heterocycles. The predicted molar refractivity (Wildman–Crippen MR) is 47.7 cm³/mol. The maximum absolute atomic E-state index is 10.9. The normalized spacial score (nSPS) is 31.2. The highest BCUT2D eigenvalue weighted by Crippen LogP contribution is 2.08. The lowest BCUT2D eigenvalue weighted by molar-refractivity contribution is 0.502. The predicted octanol–water partition coefficient (Wildman–Crippen LogP) is 0.120. The second-order valence-electron chi connectivity index (χ2n) is 2.71. The second kappa shape index (κ2) is 4.53. The van der Waals surface area contributed by atoms with Gasteiger partial charge in [0.25, 0.3) is 0 Å². The van der Waals surface area contributed by atoms with Crippen molar-refractivity contribution < 1.29 is 4.21 Å². The van der Waals surface area contributed by atoms with Crippen molar-refractivity contribution in [1.82, 2.24) is 5.32 Å². The van der Waals surface area contributed by atoms with Crippen LogP contribution in [-0.4, -0.2) is 28.3 Å². The van der Waals surface area contributed by atoms with Gasteiger partial charge in [0, 0.05) is 28.3 Å². The molecule has 0 amide bonds. The Morgan fingerprint density at radius 1 is 1.55 bits per heavy atom. The fourth-order valence-corrected chi connectivity index (χ4v) is 2.50. The zero-order chi connectivity index (χ0) is 8.10. The van der Waals surface area contributed by atoms with Crippen LogP contribution in [0.4, 0.5) is 0 Å². The van der Waals surface area contributed by atoms with E-state index in [1.54, 1.807) is 0 Å². The Bertz CT molecular complexity index is 175. The molecule has 0 atom stereocenters. The van der Waals surface area contributed by atoms with Crippen LogP contribution in [0.3, 0.4) is 0 Å². The highest BCUT2D eigenvalue weighted by atomic mass is 32.2. The lowest BCUT2D eigenvalue weighted by Gasteiger charge is -2.21. The molecule has 1 aliphatic heterocycles. The largest absolute Gasteiger partial charge is 0.303 e. The highest BCUT2D eigenvalue weighted by Gasteiger charge is 2.16. The first-order valence-corrected chi connectivity index (χ1v) is 5.33. The van der Waals surface area contributed by atoms with Crippen LogP contribution in [0, 0.1) is 12.3 Å². The molecule has 0 bridgehead atoms. The second-order valence-corrected chi connectivity index (χ2v) is 4.40. The average Bonchev–Trinajstić information content (AvgIpc) is 2.04. The van der Waals surface area contributed by atoms with Crippen molar-refractivity contribution >= 4 is 10.8 Å². The van der Waals surface area contributed by atoms with E-state index >= 15 is 0 Å². The summed E-state index contributed by atoms with van der Waals surface area (Å²) >= 11 is 0. The molecule has 0 unspecified atom stereocenters. The quantitative estimate of drug-likeness (QED) is 0.598. The Labute approximate surface area is 70.2 Å². The minimum absolute atomic E-state index is 0.503. The molecular weight excluding hydrogens is 158 g/mol. The van der Waals surface area contributed by atoms with Crippen LogP contribution in [0.5, 0.6) is 0 Å². The maximum Gasteiger partial charge on any atom is 0.0575 e. The van der Waals surface area contributed by atoms with E-state index in [1.165, 1.54) is 0 Å². The molecule has 0 aromatic heterocycles. The van der Waals surface area contributed by atoms with Gasteiger partial charge in [-0.1, -0.05) is 5.92 Å². The summed E-state index contributed by atoms with van der Waals surface area (Å²) < 4.78 is 10.9. The van der Waals surface area contributed by atoms with Gasteiger partial charge in [-0.15, -0.1) is 6.42 Å². The van der Waals surface area contributed by atoms with Gasteiger partial charge in [-0.2, -0.15) is 0 Å². The summed E-state index contributed by atoms with van der Waals surface area (Å²) in [5.74, 6) is 4.21. The van der Waals surface area contributed by atoms with Gasteiger partial charge in [0.05, 0.1) is 6.54 Å². The molecule has 0 aromatic carbocycles. The van der Waals surface area contributed by atoms with Gasteiger partial charge in [-0.05, 0) is 12.8 Å². The zero-order valence-corrected chi connectivity index (χ0v) is 7.32. The van der Waals surface area contributed by atoms with Crippen LogP contribution in [-0.2, 0) is 10.8 Å². The molecule has 1 heterocycles. The van der Waals surface area contributed by atoms with Crippen molar-refractivity contribution in [3.05, 3.63) is 0 Å². The van der Waals surface area contributed by atoms with Crippen LogP contribution in [0.1, 0.15) is 12.8 Å². The summed E-state index contributed by atoms with van der Waals surface area (Å²) in [6.07, 6.45) is 7.12. The van der Waals surface area contributed by atoms with Gasteiger partial charge in [0.15, 0.2) is 0 Å². The van der Waals surface area contributed by atoms with E-state index < -0.39 is 10.8 Å². The molecule has 0 saturated carbocycles. The first-order valence-electron chi connectivity index (χ1n) is 3.84. The van der Waals surface area contributed by atoms with Crippen molar-refractivity contribution in [2.75, 3.05) is 18.1 Å². The van der Waals surface area contributed by atoms with Gasteiger partial charge >= 0.3 is 0 Å². The number of hydrogen-bond acceptors (Lipinski definition) is 2. The van der Waals surface area contributed by atoms with E-state index in [0.29, 0.717) is 12.6 Å². The van der Waals surface area contributed by atoms with Gasteiger partial charge < -0.3 is 5.32 Å². The van der Waals surface area contributed by atoms with E-state index in [-0.39, 0.29) is 0 Å². The minimum atomic E-state index is -0.558. The smallest absolute Gasteiger partial charge is 0.0575 e. The molecule has 0 spiro atoms. The van der Waals surface area contributed by atoms with Crippen LogP contribution in [0.25, 0.3) is 0 Å². The minimum Gasteiger partial charge on any atom is -0.303 e. The standard InChI is InChI=1S/C8H13NOS/c1-2-5-9-8-3-6-11(10)7-4-8/h1,8-9H,3-7H2. The maximum atomic E-state index is 10.9. The first-order chi connectivity index (χ1) is 5.33. The Hall–Kier alpha value is -0.330. The Kier molecular flexibility index (Phi) is 3.61. The molecule has 0 aliphatic carbocycles. The molecule has 1 rings (SSSR count). The highest BCUT2D eigenvalue weighted by molar-refractivity contribution is 7.85. The summed E-state index contributed by atoms with van der Waals surface area (Å²) in [5.41, 5.74) is 0.